The molecule has 1 aliphatic carbocycles. The van der Waals surface area contributed by atoms with Crippen LogP contribution in [0.1, 0.15) is 72.3 Å². The number of rotatable bonds is 4. The van der Waals surface area contributed by atoms with E-state index in [0.29, 0.717) is 0 Å². The normalized spacial score (nSPS) is 28.0. The topological polar surface area (TPSA) is 82.9 Å². The summed E-state index contributed by atoms with van der Waals surface area (Å²) in [4.78, 5) is 26.7. The van der Waals surface area contributed by atoms with Crippen molar-refractivity contribution in [3.8, 4) is 0 Å². The van der Waals surface area contributed by atoms with Gasteiger partial charge < -0.3 is 18.9 Å². The molecule has 32 heavy (non-hydrogen) atoms. The summed E-state index contributed by atoms with van der Waals surface area (Å²) in [6.07, 6.45) is 8.66. The summed E-state index contributed by atoms with van der Waals surface area (Å²) in [5.41, 5.74) is 0.188. The minimum absolute atomic E-state index is 0.0344. The lowest BCUT2D eigenvalue weighted by Gasteiger charge is -2.36. The van der Waals surface area contributed by atoms with Gasteiger partial charge in [0.05, 0.1) is 30.3 Å². The summed E-state index contributed by atoms with van der Waals surface area (Å²) in [5, 5.41) is 4.58. The van der Waals surface area contributed by atoms with E-state index in [1.807, 2.05) is 49.7 Å². The zero-order valence-electron chi connectivity index (χ0n) is 20.0. The number of methoxy groups -OCH3 is 1. The van der Waals surface area contributed by atoms with Crippen molar-refractivity contribution >= 4 is 24.5 Å². The van der Waals surface area contributed by atoms with Crippen LogP contribution in [-0.4, -0.2) is 65.1 Å². The first-order chi connectivity index (χ1) is 15.1. The molecule has 9 heteroatoms. The Morgan fingerprint density at radius 2 is 1.56 bits per heavy atom. The van der Waals surface area contributed by atoms with E-state index in [4.69, 9.17) is 14.0 Å². The standard InChI is InChI=1S/C23H36BN3O5/c1-22(2)23(3,4)32-24(31-22)18-14-25-27(15-18)19-10-12-26(13-11-19)20(28)16-6-8-17(9-7-16)21(29)30-5/h14-17,19H,6-13H2,1-5H3. The highest BCUT2D eigenvalue weighted by Gasteiger charge is 2.52. The van der Waals surface area contributed by atoms with Gasteiger partial charge in [0.15, 0.2) is 0 Å². The van der Waals surface area contributed by atoms with E-state index >= 15 is 0 Å². The first-order valence-corrected chi connectivity index (χ1v) is 11.9. The summed E-state index contributed by atoms with van der Waals surface area (Å²) < 4.78 is 19.1. The Labute approximate surface area is 191 Å². The number of amides is 1. The van der Waals surface area contributed by atoms with Gasteiger partial charge in [-0.05, 0) is 66.2 Å². The molecular formula is C23H36BN3O5. The van der Waals surface area contributed by atoms with Gasteiger partial charge in [0, 0.05) is 36.9 Å². The number of esters is 1. The third-order valence-electron chi connectivity index (χ3n) is 7.91. The zero-order chi connectivity index (χ0) is 23.1. The SMILES string of the molecule is COC(=O)C1CCC(C(=O)N2CCC(n3cc(B4OC(C)(C)C(C)(C)O4)cn3)CC2)CC1. The molecule has 3 fully saturated rings. The van der Waals surface area contributed by atoms with Crippen molar-refractivity contribution < 1.29 is 23.6 Å². The van der Waals surface area contributed by atoms with Gasteiger partial charge in [0.1, 0.15) is 0 Å². The molecule has 2 saturated heterocycles. The molecule has 3 heterocycles. The van der Waals surface area contributed by atoms with Crippen LogP contribution in [0.3, 0.4) is 0 Å². The van der Waals surface area contributed by atoms with Crippen LogP contribution in [0.15, 0.2) is 12.4 Å². The van der Waals surface area contributed by atoms with Crippen LogP contribution in [0.4, 0.5) is 0 Å². The molecular weight excluding hydrogens is 409 g/mol. The molecule has 3 aliphatic rings. The first-order valence-electron chi connectivity index (χ1n) is 11.9. The maximum Gasteiger partial charge on any atom is 0.498 e. The molecule has 1 amide bonds. The number of likely N-dealkylation sites (tertiary alicyclic amines) is 1. The van der Waals surface area contributed by atoms with E-state index in [0.717, 1.165) is 57.1 Å². The lowest BCUT2D eigenvalue weighted by Crippen LogP contribution is -2.43. The Kier molecular flexibility index (Phi) is 6.42. The van der Waals surface area contributed by atoms with Gasteiger partial charge in [-0.2, -0.15) is 5.10 Å². The largest absolute Gasteiger partial charge is 0.498 e. The predicted octanol–water partition coefficient (Wildman–Crippen LogP) is 2.33. The molecule has 8 nitrogen and oxygen atoms in total. The third kappa shape index (κ3) is 4.46. The highest BCUT2D eigenvalue weighted by molar-refractivity contribution is 6.62. The van der Waals surface area contributed by atoms with Gasteiger partial charge in [-0.1, -0.05) is 0 Å². The molecule has 1 saturated carbocycles. The van der Waals surface area contributed by atoms with Crippen molar-refractivity contribution in [3.05, 3.63) is 12.4 Å². The Balaban J connectivity index is 1.28. The summed E-state index contributed by atoms with van der Waals surface area (Å²) in [6.45, 7) is 9.68. The quantitative estimate of drug-likeness (QED) is 0.523. The average Bonchev–Trinajstić information content (AvgIpc) is 3.35. The Morgan fingerprint density at radius 1 is 1.00 bits per heavy atom. The van der Waals surface area contributed by atoms with Gasteiger partial charge in [0.25, 0.3) is 0 Å². The van der Waals surface area contributed by atoms with Crippen LogP contribution in [0.25, 0.3) is 0 Å². The van der Waals surface area contributed by atoms with E-state index in [9.17, 15) is 9.59 Å². The van der Waals surface area contributed by atoms with Crippen LogP contribution in [-0.2, 0) is 23.6 Å². The monoisotopic (exact) mass is 445 g/mol. The number of carbonyl (C=O) groups is 2. The predicted molar refractivity (Wildman–Crippen MR) is 120 cm³/mol. The molecule has 1 aromatic heterocycles. The number of carbonyl (C=O) groups excluding carboxylic acids is 2. The van der Waals surface area contributed by atoms with E-state index in [2.05, 4.69) is 5.10 Å². The van der Waals surface area contributed by atoms with Crippen molar-refractivity contribution in [3.63, 3.8) is 0 Å². The molecule has 0 radical (unpaired) electrons. The Hall–Kier alpha value is -1.87. The second-order valence-corrected chi connectivity index (χ2v) is 10.5. The fourth-order valence-electron chi connectivity index (χ4n) is 5.01. The van der Waals surface area contributed by atoms with Crippen molar-refractivity contribution in [1.82, 2.24) is 14.7 Å². The van der Waals surface area contributed by atoms with Crippen LogP contribution in [0, 0.1) is 11.8 Å². The number of piperidine rings is 1. The van der Waals surface area contributed by atoms with E-state index in [1.165, 1.54) is 7.11 Å². The Morgan fingerprint density at radius 3 is 2.12 bits per heavy atom. The van der Waals surface area contributed by atoms with Crippen LogP contribution in [0.2, 0.25) is 0 Å². The first kappa shape index (κ1) is 23.3. The van der Waals surface area contributed by atoms with Crippen LogP contribution >= 0.6 is 0 Å². The average molecular weight is 445 g/mol. The molecule has 2 aliphatic heterocycles. The lowest BCUT2D eigenvalue weighted by atomic mass is 9.81. The number of hydrogen-bond acceptors (Lipinski definition) is 6. The lowest BCUT2D eigenvalue weighted by molar-refractivity contribution is -0.149. The van der Waals surface area contributed by atoms with E-state index in [1.54, 1.807) is 0 Å². The Bertz CT molecular complexity index is 822. The summed E-state index contributed by atoms with van der Waals surface area (Å²) in [7, 11) is 1.03. The summed E-state index contributed by atoms with van der Waals surface area (Å²) >= 11 is 0. The highest BCUT2D eigenvalue weighted by Crippen LogP contribution is 2.36. The number of hydrogen-bond donors (Lipinski definition) is 0. The molecule has 0 atom stereocenters. The maximum absolute atomic E-state index is 13.0. The van der Waals surface area contributed by atoms with Crippen molar-refractivity contribution in [2.45, 2.75) is 83.5 Å². The number of ether oxygens (including phenoxy) is 1. The number of nitrogens with zero attached hydrogens (tertiary/aromatic N) is 3. The van der Waals surface area contributed by atoms with Gasteiger partial charge >= 0.3 is 13.1 Å². The van der Waals surface area contributed by atoms with Crippen molar-refractivity contribution in [2.24, 2.45) is 11.8 Å². The van der Waals surface area contributed by atoms with Gasteiger partial charge in [0.2, 0.25) is 5.91 Å². The fourth-order valence-corrected chi connectivity index (χ4v) is 5.01. The molecule has 0 N–H and O–H groups in total. The molecule has 0 spiro atoms. The van der Waals surface area contributed by atoms with E-state index < -0.39 is 7.12 Å². The van der Waals surface area contributed by atoms with Gasteiger partial charge in [-0.25, -0.2) is 0 Å². The second kappa shape index (κ2) is 8.82. The third-order valence-corrected chi connectivity index (χ3v) is 7.91. The molecule has 0 unspecified atom stereocenters. The molecule has 0 bridgehead atoms. The van der Waals surface area contributed by atoms with E-state index in [-0.39, 0.29) is 41.0 Å². The van der Waals surface area contributed by atoms with Crippen molar-refractivity contribution in [2.75, 3.05) is 20.2 Å². The van der Waals surface area contributed by atoms with Crippen LogP contribution in [0.5, 0.6) is 0 Å². The highest BCUT2D eigenvalue weighted by atomic mass is 16.7. The maximum atomic E-state index is 13.0. The molecule has 4 rings (SSSR count). The summed E-state index contributed by atoms with van der Waals surface area (Å²) in [6, 6.07) is 0.269. The van der Waals surface area contributed by atoms with Gasteiger partial charge in [-0.15, -0.1) is 0 Å². The summed E-state index contributed by atoms with van der Waals surface area (Å²) in [5.74, 6) is 0.0842. The minimum atomic E-state index is -0.407. The zero-order valence-corrected chi connectivity index (χ0v) is 20.0. The number of aromatic nitrogens is 2. The van der Waals surface area contributed by atoms with Crippen molar-refractivity contribution in [1.29, 1.82) is 0 Å². The van der Waals surface area contributed by atoms with Crippen LogP contribution < -0.4 is 5.46 Å². The molecule has 0 aromatic carbocycles. The fraction of sp³-hybridized carbons (Fsp3) is 0.783. The molecule has 176 valence electrons. The smallest absolute Gasteiger partial charge is 0.469 e. The second-order valence-electron chi connectivity index (χ2n) is 10.5. The van der Waals surface area contributed by atoms with Gasteiger partial charge in [-0.3, -0.25) is 14.3 Å². The minimum Gasteiger partial charge on any atom is -0.469 e. The molecule has 1 aromatic rings.